The van der Waals surface area contributed by atoms with Crippen LogP contribution in [0.25, 0.3) is 0 Å². The van der Waals surface area contributed by atoms with Crippen LogP contribution in [-0.2, 0) is 6.42 Å². The van der Waals surface area contributed by atoms with Crippen molar-refractivity contribution in [1.82, 2.24) is 5.43 Å². The lowest BCUT2D eigenvalue weighted by Crippen LogP contribution is -2.36. The van der Waals surface area contributed by atoms with Crippen LogP contribution < -0.4 is 11.3 Å². The lowest BCUT2D eigenvalue weighted by Gasteiger charge is -2.14. The van der Waals surface area contributed by atoms with Crippen molar-refractivity contribution in [1.29, 1.82) is 0 Å². The molecule has 18 heavy (non-hydrogen) atoms. The number of nitrogens with two attached hydrogens (primary N) is 1. The molecule has 4 heteroatoms. The topological polar surface area (TPSA) is 38.0 Å². The predicted molar refractivity (Wildman–Crippen MR) is 84.8 cm³/mol. The molecule has 0 aliphatic heterocycles. The molecule has 0 saturated heterocycles. The second-order valence-corrected chi connectivity index (χ2v) is 6.77. The number of nitrogens with one attached hydrogen (secondary N) is 1. The molecule has 1 aromatic heterocycles. The molecule has 3 N–H and O–H groups in total. The summed E-state index contributed by atoms with van der Waals surface area (Å²) in [6.07, 6.45) is 10.3. The van der Waals surface area contributed by atoms with Crippen LogP contribution in [0.2, 0.25) is 0 Å². The monoisotopic (exact) mass is 332 g/mol. The van der Waals surface area contributed by atoms with Gasteiger partial charge in [-0.1, -0.05) is 45.4 Å². The lowest BCUT2D eigenvalue weighted by molar-refractivity contribution is 0.461. The first-order valence-electron chi connectivity index (χ1n) is 6.95. The van der Waals surface area contributed by atoms with Crippen LogP contribution in [0.3, 0.4) is 0 Å². The third-order valence-corrected chi connectivity index (χ3v) is 4.93. The highest BCUT2D eigenvalue weighted by Crippen LogP contribution is 2.22. The standard InChI is InChI=1S/C14H25BrN2S/c1-2-3-4-5-6-7-8-13(17-16)10-14-9-12(15)11-18-14/h9,11,13,17H,2-8,10,16H2,1H3. The molecular weight excluding hydrogens is 308 g/mol. The largest absolute Gasteiger partial charge is 0.271 e. The van der Waals surface area contributed by atoms with Crippen molar-refractivity contribution in [3.63, 3.8) is 0 Å². The molecule has 1 heterocycles. The summed E-state index contributed by atoms with van der Waals surface area (Å²) in [6, 6.07) is 2.61. The molecule has 0 saturated carbocycles. The molecule has 0 amide bonds. The highest BCUT2D eigenvalue weighted by Gasteiger charge is 2.09. The number of hydrogen-bond acceptors (Lipinski definition) is 3. The number of unbranched alkanes of at least 4 members (excludes halogenated alkanes) is 5. The number of rotatable bonds is 10. The van der Waals surface area contributed by atoms with Gasteiger partial charge in [0.05, 0.1) is 0 Å². The van der Waals surface area contributed by atoms with E-state index in [0.717, 1.165) is 6.42 Å². The van der Waals surface area contributed by atoms with Gasteiger partial charge in [-0.3, -0.25) is 11.3 Å². The number of hydrazine groups is 1. The molecule has 0 aliphatic rings. The van der Waals surface area contributed by atoms with E-state index in [4.69, 9.17) is 5.84 Å². The van der Waals surface area contributed by atoms with Gasteiger partial charge in [0.15, 0.2) is 0 Å². The fourth-order valence-electron chi connectivity index (χ4n) is 2.12. The molecule has 1 rings (SSSR count). The third-order valence-electron chi connectivity index (χ3n) is 3.21. The number of thiophene rings is 1. The van der Waals surface area contributed by atoms with Gasteiger partial charge >= 0.3 is 0 Å². The van der Waals surface area contributed by atoms with Crippen molar-refractivity contribution in [3.05, 3.63) is 20.8 Å². The average molecular weight is 333 g/mol. The maximum Gasteiger partial charge on any atom is 0.0285 e. The van der Waals surface area contributed by atoms with Gasteiger partial charge in [-0.05, 0) is 34.8 Å². The molecule has 1 unspecified atom stereocenters. The van der Waals surface area contributed by atoms with E-state index in [2.05, 4.69) is 39.7 Å². The summed E-state index contributed by atoms with van der Waals surface area (Å²) in [5, 5.41) is 2.13. The van der Waals surface area contributed by atoms with Gasteiger partial charge in [0.1, 0.15) is 0 Å². The van der Waals surface area contributed by atoms with E-state index >= 15 is 0 Å². The molecule has 1 aromatic rings. The summed E-state index contributed by atoms with van der Waals surface area (Å²) in [7, 11) is 0. The maximum atomic E-state index is 5.63. The Morgan fingerprint density at radius 3 is 2.61 bits per heavy atom. The minimum atomic E-state index is 0.418. The van der Waals surface area contributed by atoms with E-state index in [9.17, 15) is 0 Å². The SMILES string of the molecule is CCCCCCCCC(Cc1cc(Br)cs1)NN. The van der Waals surface area contributed by atoms with E-state index in [-0.39, 0.29) is 0 Å². The smallest absolute Gasteiger partial charge is 0.0285 e. The molecule has 0 fully saturated rings. The van der Waals surface area contributed by atoms with Crippen LogP contribution in [0.15, 0.2) is 15.9 Å². The molecule has 2 nitrogen and oxygen atoms in total. The van der Waals surface area contributed by atoms with Gasteiger partial charge in [0, 0.05) is 20.8 Å². The first-order chi connectivity index (χ1) is 8.76. The normalized spacial score (nSPS) is 12.8. The van der Waals surface area contributed by atoms with Crippen molar-refractivity contribution in [2.24, 2.45) is 5.84 Å². The molecular formula is C14H25BrN2S. The Bertz CT molecular complexity index is 314. The first-order valence-corrected chi connectivity index (χ1v) is 8.62. The summed E-state index contributed by atoms with van der Waals surface area (Å²) in [4.78, 5) is 1.40. The quantitative estimate of drug-likeness (QED) is 0.372. The van der Waals surface area contributed by atoms with Crippen molar-refractivity contribution in [3.8, 4) is 0 Å². The van der Waals surface area contributed by atoms with E-state index in [1.807, 2.05) is 0 Å². The minimum absolute atomic E-state index is 0.418. The van der Waals surface area contributed by atoms with Gasteiger partial charge < -0.3 is 0 Å². The average Bonchev–Trinajstić information content (AvgIpc) is 2.77. The summed E-state index contributed by atoms with van der Waals surface area (Å²) in [5.74, 6) is 5.63. The molecule has 0 aliphatic carbocycles. The third kappa shape index (κ3) is 6.88. The van der Waals surface area contributed by atoms with E-state index < -0.39 is 0 Å². The van der Waals surface area contributed by atoms with Gasteiger partial charge in [0.25, 0.3) is 0 Å². The Hall–Kier alpha value is 0.1000. The van der Waals surface area contributed by atoms with Crippen LogP contribution in [-0.4, -0.2) is 6.04 Å². The Morgan fingerprint density at radius 1 is 1.28 bits per heavy atom. The summed E-state index contributed by atoms with van der Waals surface area (Å²) in [6.45, 7) is 2.26. The van der Waals surface area contributed by atoms with E-state index in [0.29, 0.717) is 6.04 Å². The highest BCUT2D eigenvalue weighted by atomic mass is 79.9. The van der Waals surface area contributed by atoms with Crippen LogP contribution in [0.4, 0.5) is 0 Å². The molecule has 0 aromatic carbocycles. The molecule has 0 spiro atoms. The van der Waals surface area contributed by atoms with Crippen molar-refractivity contribution >= 4 is 27.3 Å². The predicted octanol–water partition coefficient (Wildman–Crippen LogP) is 4.64. The van der Waals surface area contributed by atoms with Crippen molar-refractivity contribution in [2.75, 3.05) is 0 Å². The first kappa shape index (κ1) is 16.2. The Balaban J connectivity index is 2.13. The lowest BCUT2D eigenvalue weighted by atomic mass is 10.0. The van der Waals surface area contributed by atoms with Crippen molar-refractivity contribution in [2.45, 2.75) is 64.3 Å². The number of halogens is 1. The minimum Gasteiger partial charge on any atom is -0.271 e. The molecule has 104 valence electrons. The van der Waals surface area contributed by atoms with E-state index in [1.165, 1.54) is 54.3 Å². The second kappa shape index (κ2) is 9.96. The summed E-state index contributed by atoms with van der Waals surface area (Å²) in [5.41, 5.74) is 2.95. The molecule has 0 radical (unpaired) electrons. The van der Waals surface area contributed by atoms with Gasteiger partial charge in [-0.15, -0.1) is 11.3 Å². The van der Waals surface area contributed by atoms with Gasteiger partial charge in [-0.2, -0.15) is 0 Å². The Morgan fingerprint density at radius 2 is 2.00 bits per heavy atom. The van der Waals surface area contributed by atoms with Crippen molar-refractivity contribution < 1.29 is 0 Å². The second-order valence-electron chi connectivity index (χ2n) is 4.86. The Kier molecular flexibility index (Phi) is 8.94. The van der Waals surface area contributed by atoms with Crippen LogP contribution in [0, 0.1) is 0 Å². The van der Waals surface area contributed by atoms with Gasteiger partial charge in [-0.25, -0.2) is 0 Å². The van der Waals surface area contributed by atoms with E-state index in [1.54, 1.807) is 11.3 Å². The summed E-state index contributed by atoms with van der Waals surface area (Å²) < 4.78 is 1.18. The molecule has 0 bridgehead atoms. The fraction of sp³-hybridized carbons (Fsp3) is 0.714. The zero-order chi connectivity index (χ0) is 13.2. The highest BCUT2D eigenvalue weighted by molar-refractivity contribution is 9.10. The Labute approximate surface area is 123 Å². The van der Waals surface area contributed by atoms with Crippen LogP contribution in [0.1, 0.15) is 56.7 Å². The summed E-state index contributed by atoms with van der Waals surface area (Å²) >= 11 is 5.29. The van der Waals surface area contributed by atoms with Crippen LogP contribution in [0.5, 0.6) is 0 Å². The molecule has 1 atom stereocenters. The maximum absolute atomic E-state index is 5.63. The zero-order valence-corrected chi connectivity index (χ0v) is 13.7. The number of hydrogen-bond donors (Lipinski definition) is 2. The fourth-order valence-corrected chi connectivity index (χ4v) is 3.65. The zero-order valence-electron chi connectivity index (χ0n) is 11.3. The van der Waals surface area contributed by atoms with Gasteiger partial charge in [0.2, 0.25) is 0 Å². The van der Waals surface area contributed by atoms with Crippen LogP contribution >= 0.6 is 27.3 Å².